The van der Waals surface area contributed by atoms with Crippen molar-refractivity contribution >= 4 is 5.69 Å². The molecule has 1 unspecified atom stereocenters. The predicted octanol–water partition coefficient (Wildman–Crippen LogP) is 3.35. The van der Waals surface area contributed by atoms with Crippen molar-refractivity contribution < 1.29 is 4.74 Å². The highest BCUT2D eigenvalue weighted by molar-refractivity contribution is 5.66. The van der Waals surface area contributed by atoms with E-state index >= 15 is 0 Å². The van der Waals surface area contributed by atoms with Crippen LogP contribution < -0.4 is 10.1 Å². The number of hydrogen-bond acceptors (Lipinski definition) is 4. The standard InChI is InChI=1S/C16H20N4O/c1-4-12(2)20-9-8-14(19-20)11-18-16-13(10-17)6-5-7-15(16)21-3/h5-9,12,18H,4,11H2,1-3H3. The molecule has 1 N–H and O–H groups in total. The summed E-state index contributed by atoms with van der Waals surface area (Å²) in [6.45, 7) is 4.83. The van der Waals surface area contributed by atoms with Gasteiger partial charge in [-0.1, -0.05) is 13.0 Å². The van der Waals surface area contributed by atoms with E-state index in [0.29, 0.717) is 29.6 Å². The number of nitrogens with zero attached hydrogens (tertiary/aromatic N) is 3. The minimum absolute atomic E-state index is 0.389. The van der Waals surface area contributed by atoms with Gasteiger partial charge in [0.15, 0.2) is 0 Å². The van der Waals surface area contributed by atoms with E-state index in [0.717, 1.165) is 12.1 Å². The van der Waals surface area contributed by atoms with Crippen LogP contribution in [0, 0.1) is 11.3 Å². The Balaban J connectivity index is 2.13. The fourth-order valence-electron chi connectivity index (χ4n) is 2.06. The van der Waals surface area contributed by atoms with E-state index in [1.807, 2.05) is 23.0 Å². The van der Waals surface area contributed by atoms with Gasteiger partial charge in [-0.2, -0.15) is 10.4 Å². The smallest absolute Gasteiger partial charge is 0.143 e. The van der Waals surface area contributed by atoms with Crippen LogP contribution in [0.2, 0.25) is 0 Å². The van der Waals surface area contributed by atoms with Gasteiger partial charge < -0.3 is 10.1 Å². The summed E-state index contributed by atoms with van der Waals surface area (Å²) in [6, 6.07) is 9.95. The second-order valence-electron chi connectivity index (χ2n) is 4.89. The fourth-order valence-corrected chi connectivity index (χ4v) is 2.06. The van der Waals surface area contributed by atoms with E-state index in [-0.39, 0.29) is 0 Å². The van der Waals surface area contributed by atoms with Gasteiger partial charge >= 0.3 is 0 Å². The van der Waals surface area contributed by atoms with Crippen molar-refractivity contribution in [1.82, 2.24) is 9.78 Å². The van der Waals surface area contributed by atoms with Crippen LogP contribution in [0.15, 0.2) is 30.5 Å². The summed E-state index contributed by atoms with van der Waals surface area (Å²) in [5.41, 5.74) is 2.21. The van der Waals surface area contributed by atoms with Crippen LogP contribution in [0.1, 0.15) is 37.6 Å². The number of para-hydroxylation sites is 1. The van der Waals surface area contributed by atoms with Crippen LogP contribution >= 0.6 is 0 Å². The molecule has 5 heteroatoms. The SMILES string of the molecule is CCC(C)n1ccc(CNc2c(C#N)cccc2OC)n1. The number of ether oxygens (including phenoxy) is 1. The molecule has 21 heavy (non-hydrogen) atoms. The normalized spacial score (nSPS) is 11.7. The number of nitriles is 1. The number of hydrogen-bond donors (Lipinski definition) is 1. The maximum atomic E-state index is 9.18. The lowest BCUT2D eigenvalue weighted by atomic mass is 10.1. The van der Waals surface area contributed by atoms with Crippen molar-refractivity contribution in [1.29, 1.82) is 5.26 Å². The van der Waals surface area contributed by atoms with E-state index in [4.69, 9.17) is 4.74 Å². The molecule has 1 heterocycles. The third kappa shape index (κ3) is 3.34. The number of rotatable bonds is 6. The molecule has 0 aliphatic carbocycles. The minimum Gasteiger partial charge on any atom is -0.495 e. The number of methoxy groups -OCH3 is 1. The number of aromatic nitrogens is 2. The van der Waals surface area contributed by atoms with Crippen molar-refractivity contribution in [3.8, 4) is 11.8 Å². The van der Waals surface area contributed by atoms with Crippen molar-refractivity contribution in [2.75, 3.05) is 12.4 Å². The molecule has 0 amide bonds. The van der Waals surface area contributed by atoms with Crippen LogP contribution in [0.5, 0.6) is 5.75 Å². The zero-order valence-corrected chi connectivity index (χ0v) is 12.6. The molecular weight excluding hydrogens is 264 g/mol. The molecule has 110 valence electrons. The van der Waals surface area contributed by atoms with Crippen LogP contribution in [0.4, 0.5) is 5.69 Å². The summed E-state index contributed by atoms with van der Waals surface area (Å²) in [4.78, 5) is 0. The summed E-state index contributed by atoms with van der Waals surface area (Å²) in [7, 11) is 1.60. The Hall–Kier alpha value is -2.48. The maximum Gasteiger partial charge on any atom is 0.143 e. The molecule has 0 saturated carbocycles. The van der Waals surface area contributed by atoms with Gasteiger partial charge in [0.25, 0.3) is 0 Å². The summed E-state index contributed by atoms with van der Waals surface area (Å²) in [5, 5.41) is 17.0. The average molecular weight is 284 g/mol. The number of benzene rings is 1. The molecule has 0 radical (unpaired) electrons. The highest BCUT2D eigenvalue weighted by Gasteiger charge is 2.10. The van der Waals surface area contributed by atoms with E-state index < -0.39 is 0 Å². The largest absolute Gasteiger partial charge is 0.495 e. The second kappa shape index (κ2) is 6.80. The van der Waals surface area contributed by atoms with Crippen LogP contribution in [-0.4, -0.2) is 16.9 Å². The van der Waals surface area contributed by atoms with Gasteiger partial charge in [-0.05, 0) is 31.5 Å². The highest BCUT2D eigenvalue weighted by atomic mass is 16.5. The third-order valence-electron chi connectivity index (χ3n) is 3.52. The number of nitrogens with one attached hydrogen (secondary N) is 1. The monoisotopic (exact) mass is 284 g/mol. The third-order valence-corrected chi connectivity index (χ3v) is 3.52. The Bertz CT molecular complexity index is 642. The van der Waals surface area contributed by atoms with Gasteiger partial charge in [-0.15, -0.1) is 0 Å². The molecular formula is C16H20N4O. The van der Waals surface area contributed by atoms with Gasteiger partial charge in [0.1, 0.15) is 11.8 Å². The Morgan fingerprint density at radius 3 is 2.90 bits per heavy atom. The fraction of sp³-hybridized carbons (Fsp3) is 0.375. The molecule has 0 spiro atoms. The van der Waals surface area contributed by atoms with Gasteiger partial charge in [0.2, 0.25) is 0 Å². The van der Waals surface area contributed by atoms with E-state index in [1.54, 1.807) is 19.2 Å². The summed E-state index contributed by atoms with van der Waals surface area (Å²) in [5.74, 6) is 0.662. The van der Waals surface area contributed by atoms with Crippen molar-refractivity contribution in [3.05, 3.63) is 41.7 Å². The molecule has 1 aromatic carbocycles. The highest BCUT2D eigenvalue weighted by Crippen LogP contribution is 2.28. The van der Waals surface area contributed by atoms with Crippen LogP contribution in [0.3, 0.4) is 0 Å². The Kier molecular flexibility index (Phi) is 4.83. The lowest BCUT2D eigenvalue weighted by molar-refractivity contribution is 0.416. The van der Waals surface area contributed by atoms with Crippen molar-refractivity contribution in [2.24, 2.45) is 0 Å². The molecule has 5 nitrogen and oxygen atoms in total. The first-order chi connectivity index (χ1) is 10.2. The lowest BCUT2D eigenvalue weighted by Crippen LogP contribution is -2.07. The summed E-state index contributed by atoms with van der Waals surface area (Å²) < 4.78 is 7.26. The number of anilines is 1. The average Bonchev–Trinajstić information content (AvgIpc) is 3.00. The minimum atomic E-state index is 0.389. The van der Waals surface area contributed by atoms with E-state index in [2.05, 4.69) is 30.3 Å². The first-order valence-corrected chi connectivity index (χ1v) is 7.04. The van der Waals surface area contributed by atoms with Gasteiger partial charge in [0, 0.05) is 12.2 Å². The van der Waals surface area contributed by atoms with Gasteiger partial charge in [0.05, 0.1) is 30.6 Å². The molecule has 0 bridgehead atoms. The van der Waals surface area contributed by atoms with Crippen LogP contribution in [-0.2, 0) is 6.54 Å². The molecule has 1 atom stereocenters. The van der Waals surface area contributed by atoms with Gasteiger partial charge in [-0.3, -0.25) is 4.68 Å². The molecule has 1 aromatic heterocycles. The second-order valence-corrected chi connectivity index (χ2v) is 4.89. The zero-order valence-electron chi connectivity index (χ0n) is 12.6. The van der Waals surface area contributed by atoms with Crippen molar-refractivity contribution in [3.63, 3.8) is 0 Å². The summed E-state index contributed by atoms with van der Waals surface area (Å²) in [6.07, 6.45) is 3.03. The zero-order chi connectivity index (χ0) is 15.2. The molecule has 0 fully saturated rings. The maximum absolute atomic E-state index is 9.18. The first kappa shape index (κ1) is 14.9. The predicted molar refractivity (Wildman–Crippen MR) is 82.3 cm³/mol. The van der Waals surface area contributed by atoms with Crippen LogP contribution in [0.25, 0.3) is 0 Å². The van der Waals surface area contributed by atoms with E-state index in [1.165, 1.54) is 0 Å². The van der Waals surface area contributed by atoms with E-state index in [9.17, 15) is 5.26 Å². The van der Waals surface area contributed by atoms with Gasteiger partial charge in [-0.25, -0.2) is 0 Å². The first-order valence-electron chi connectivity index (χ1n) is 7.04. The quantitative estimate of drug-likeness (QED) is 0.883. The molecule has 0 saturated heterocycles. The molecule has 0 aliphatic heterocycles. The topological polar surface area (TPSA) is 62.9 Å². The Morgan fingerprint density at radius 1 is 1.43 bits per heavy atom. The Labute approximate surface area is 125 Å². The molecule has 0 aliphatic rings. The lowest BCUT2D eigenvalue weighted by Gasteiger charge is -2.12. The summed E-state index contributed by atoms with van der Waals surface area (Å²) >= 11 is 0. The van der Waals surface area contributed by atoms with Crippen molar-refractivity contribution in [2.45, 2.75) is 32.9 Å². The Morgan fingerprint density at radius 2 is 2.24 bits per heavy atom. The molecule has 2 aromatic rings. The molecule has 2 rings (SSSR count).